The maximum atomic E-state index is 12.4. The molecule has 0 aliphatic heterocycles. The SMILES string of the molecule is CCC(=O)NC1CCC(Oc2ccc(Oc3ccc(CC(=O)Nc4ccccc4C(=O)O)cc3)cc2)CC1. The van der Waals surface area contributed by atoms with Crippen LogP contribution in [0.1, 0.15) is 54.9 Å². The molecule has 0 bridgehead atoms. The van der Waals surface area contributed by atoms with Gasteiger partial charge in [0.1, 0.15) is 17.2 Å². The zero-order valence-corrected chi connectivity index (χ0v) is 21.3. The molecule has 38 heavy (non-hydrogen) atoms. The minimum Gasteiger partial charge on any atom is -0.490 e. The summed E-state index contributed by atoms with van der Waals surface area (Å²) in [5.74, 6) is 0.782. The fraction of sp³-hybridized carbons (Fsp3) is 0.300. The molecule has 0 unspecified atom stereocenters. The van der Waals surface area contributed by atoms with Crippen molar-refractivity contribution in [3.8, 4) is 17.2 Å². The molecule has 3 aromatic rings. The van der Waals surface area contributed by atoms with Gasteiger partial charge in [-0.2, -0.15) is 0 Å². The first-order valence-electron chi connectivity index (χ1n) is 12.8. The first kappa shape index (κ1) is 26.7. The maximum absolute atomic E-state index is 12.4. The lowest BCUT2D eigenvalue weighted by molar-refractivity contribution is -0.121. The molecule has 1 aliphatic carbocycles. The van der Waals surface area contributed by atoms with E-state index < -0.39 is 5.97 Å². The molecule has 1 aliphatic rings. The molecule has 0 radical (unpaired) electrons. The van der Waals surface area contributed by atoms with Crippen molar-refractivity contribution in [2.45, 2.75) is 57.6 Å². The average molecular weight is 517 g/mol. The first-order chi connectivity index (χ1) is 18.4. The molecule has 0 heterocycles. The number of carbonyl (C=O) groups is 3. The molecule has 0 saturated heterocycles. The summed E-state index contributed by atoms with van der Waals surface area (Å²) in [6.45, 7) is 1.86. The number of ether oxygens (including phenoxy) is 2. The van der Waals surface area contributed by atoms with Crippen LogP contribution >= 0.6 is 0 Å². The van der Waals surface area contributed by atoms with Crippen LogP contribution in [0, 0.1) is 0 Å². The van der Waals surface area contributed by atoms with Gasteiger partial charge in [0.2, 0.25) is 11.8 Å². The molecule has 4 rings (SSSR count). The van der Waals surface area contributed by atoms with Crippen molar-refractivity contribution in [1.29, 1.82) is 0 Å². The van der Waals surface area contributed by atoms with E-state index in [9.17, 15) is 19.5 Å². The van der Waals surface area contributed by atoms with Crippen molar-refractivity contribution in [3.63, 3.8) is 0 Å². The summed E-state index contributed by atoms with van der Waals surface area (Å²) < 4.78 is 12.0. The highest BCUT2D eigenvalue weighted by Gasteiger charge is 2.23. The van der Waals surface area contributed by atoms with Crippen molar-refractivity contribution in [2.75, 3.05) is 5.32 Å². The van der Waals surface area contributed by atoms with Crippen LogP contribution in [0.2, 0.25) is 0 Å². The molecule has 3 aromatic carbocycles. The number of anilines is 1. The fourth-order valence-corrected chi connectivity index (χ4v) is 4.40. The summed E-state index contributed by atoms with van der Waals surface area (Å²) in [5.41, 5.74) is 1.09. The number of nitrogens with one attached hydrogen (secondary N) is 2. The molecule has 8 nitrogen and oxygen atoms in total. The first-order valence-corrected chi connectivity index (χ1v) is 12.8. The van der Waals surface area contributed by atoms with Crippen LogP contribution in [-0.4, -0.2) is 35.0 Å². The molecule has 1 saturated carbocycles. The molecular weight excluding hydrogens is 484 g/mol. The van der Waals surface area contributed by atoms with Gasteiger partial charge in [-0.3, -0.25) is 9.59 Å². The largest absolute Gasteiger partial charge is 0.490 e. The van der Waals surface area contributed by atoms with Gasteiger partial charge in [-0.05, 0) is 79.8 Å². The number of benzene rings is 3. The van der Waals surface area contributed by atoms with Gasteiger partial charge in [-0.15, -0.1) is 0 Å². The molecule has 0 spiro atoms. The number of para-hydroxylation sites is 1. The lowest BCUT2D eigenvalue weighted by Gasteiger charge is -2.29. The van der Waals surface area contributed by atoms with E-state index in [-0.39, 0.29) is 41.6 Å². The zero-order chi connectivity index (χ0) is 26.9. The van der Waals surface area contributed by atoms with E-state index in [1.54, 1.807) is 42.5 Å². The third kappa shape index (κ3) is 7.59. The Hall–Kier alpha value is -4.33. The third-order valence-corrected chi connectivity index (χ3v) is 6.44. The van der Waals surface area contributed by atoms with E-state index in [0.29, 0.717) is 17.9 Å². The van der Waals surface area contributed by atoms with Crippen molar-refractivity contribution < 1.29 is 29.0 Å². The van der Waals surface area contributed by atoms with Gasteiger partial charge in [0.25, 0.3) is 0 Å². The second-order valence-corrected chi connectivity index (χ2v) is 9.31. The predicted molar refractivity (Wildman–Crippen MR) is 144 cm³/mol. The number of hydrogen-bond acceptors (Lipinski definition) is 5. The van der Waals surface area contributed by atoms with E-state index in [1.807, 2.05) is 31.2 Å². The lowest BCUT2D eigenvalue weighted by Crippen LogP contribution is -2.39. The number of carboxylic acids is 1. The van der Waals surface area contributed by atoms with Gasteiger partial charge in [-0.1, -0.05) is 31.2 Å². The summed E-state index contributed by atoms with van der Waals surface area (Å²) >= 11 is 0. The molecule has 3 N–H and O–H groups in total. The van der Waals surface area contributed by atoms with E-state index in [4.69, 9.17) is 9.47 Å². The Bertz CT molecular complexity index is 1250. The number of amides is 2. The van der Waals surface area contributed by atoms with Crippen LogP contribution < -0.4 is 20.1 Å². The second-order valence-electron chi connectivity index (χ2n) is 9.31. The quantitative estimate of drug-likeness (QED) is 0.324. The molecule has 0 atom stereocenters. The summed E-state index contributed by atoms with van der Waals surface area (Å²) in [4.78, 5) is 35.3. The Morgan fingerprint density at radius 2 is 1.42 bits per heavy atom. The van der Waals surface area contributed by atoms with E-state index in [1.165, 1.54) is 6.07 Å². The van der Waals surface area contributed by atoms with E-state index in [0.717, 1.165) is 37.0 Å². The normalized spacial score (nSPS) is 16.8. The van der Waals surface area contributed by atoms with Gasteiger partial charge in [0.05, 0.1) is 23.8 Å². The van der Waals surface area contributed by atoms with Crippen LogP contribution in [0.25, 0.3) is 0 Å². The number of rotatable bonds is 10. The standard InChI is InChI=1S/C30H32N2O6/c1-2-28(33)31-21-9-13-23(14-10-21)38-25-17-15-24(16-18-25)37-22-11-7-20(8-12-22)19-29(34)32-27-6-4-3-5-26(27)30(35)36/h3-8,11-12,15-18,21,23H,2,9-10,13-14,19H2,1H3,(H,31,33)(H,32,34)(H,35,36). The van der Waals surface area contributed by atoms with Crippen molar-refractivity contribution >= 4 is 23.5 Å². The lowest BCUT2D eigenvalue weighted by atomic mass is 9.93. The Morgan fingerprint density at radius 1 is 0.816 bits per heavy atom. The van der Waals surface area contributed by atoms with Crippen LogP contribution in [0.4, 0.5) is 5.69 Å². The molecule has 198 valence electrons. The highest BCUT2D eigenvalue weighted by molar-refractivity contribution is 6.01. The predicted octanol–water partition coefficient (Wildman–Crippen LogP) is 5.57. The molecule has 1 fully saturated rings. The number of hydrogen-bond donors (Lipinski definition) is 3. The van der Waals surface area contributed by atoms with Gasteiger partial charge in [0.15, 0.2) is 0 Å². The Kier molecular flexibility index (Phi) is 8.98. The highest BCUT2D eigenvalue weighted by atomic mass is 16.5. The summed E-state index contributed by atoms with van der Waals surface area (Å²) in [7, 11) is 0. The zero-order valence-electron chi connectivity index (χ0n) is 21.3. The highest BCUT2D eigenvalue weighted by Crippen LogP contribution is 2.28. The summed E-state index contributed by atoms with van der Waals surface area (Å²) in [6, 6.07) is 21.2. The average Bonchev–Trinajstić information content (AvgIpc) is 2.92. The van der Waals surface area contributed by atoms with E-state index in [2.05, 4.69) is 10.6 Å². The summed E-state index contributed by atoms with van der Waals surface area (Å²) in [5, 5.41) is 15.0. The molecule has 0 aromatic heterocycles. The summed E-state index contributed by atoms with van der Waals surface area (Å²) in [6.07, 6.45) is 4.41. The number of carboxylic acid groups (broad SMARTS) is 1. The minimum absolute atomic E-state index is 0.0470. The Balaban J connectivity index is 1.24. The Morgan fingerprint density at radius 3 is 2.05 bits per heavy atom. The number of aromatic carboxylic acids is 1. The minimum atomic E-state index is -1.09. The smallest absolute Gasteiger partial charge is 0.337 e. The Labute approximate surface area is 222 Å². The van der Waals surface area contributed by atoms with Crippen LogP contribution in [-0.2, 0) is 16.0 Å². The van der Waals surface area contributed by atoms with Crippen LogP contribution in [0.5, 0.6) is 17.2 Å². The van der Waals surface area contributed by atoms with Crippen molar-refractivity contribution in [3.05, 3.63) is 83.9 Å². The van der Waals surface area contributed by atoms with Gasteiger partial charge >= 0.3 is 5.97 Å². The molecule has 2 amide bonds. The topological polar surface area (TPSA) is 114 Å². The van der Waals surface area contributed by atoms with Gasteiger partial charge in [0, 0.05) is 12.5 Å². The number of carbonyl (C=O) groups excluding carboxylic acids is 2. The van der Waals surface area contributed by atoms with Gasteiger partial charge in [-0.25, -0.2) is 4.79 Å². The maximum Gasteiger partial charge on any atom is 0.337 e. The van der Waals surface area contributed by atoms with Crippen LogP contribution in [0.3, 0.4) is 0 Å². The van der Waals surface area contributed by atoms with Gasteiger partial charge < -0.3 is 25.2 Å². The monoisotopic (exact) mass is 516 g/mol. The molecular formula is C30H32N2O6. The molecule has 8 heteroatoms. The fourth-order valence-electron chi connectivity index (χ4n) is 4.40. The van der Waals surface area contributed by atoms with Crippen molar-refractivity contribution in [2.24, 2.45) is 0 Å². The van der Waals surface area contributed by atoms with Crippen molar-refractivity contribution in [1.82, 2.24) is 5.32 Å². The third-order valence-electron chi connectivity index (χ3n) is 6.44. The second kappa shape index (κ2) is 12.8. The van der Waals surface area contributed by atoms with Crippen LogP contribution in [0.15, 0.2) is 72.8 Å². The van der Waals surface area contributed by atoms with E-state index >= 15 is 0 Å².